The highest BCUT2D eigenvalue weighted by Gasteiger charge is 2.21. The lowest BCUT2D eigenvalue weighted by atomic mass is 9.94. The van der Waals surface area contributed by atoms with Gasteiger partial charge < -0.3 is 10.5 Å². The first-order valence-corrected chi connectivity index (χ1v) is 7.41. The van der Waals surface area contributed by atoms with Crippen molar-refractivity contribution < 1.29 is 9.13 Å². The SMILES string of the molecule is NC(c1ccc(F)cc1Br)c1cccc2c1OCCC2. The van der Waals surface area contributed by atoms with Crippen LogP contribution in [-0.4, -0.2) is 6.61 Å². The average Bonchev–Trinajstić information content (AvgIpc) is 2.46. The Bertz CT molecular complexity index is 644. The van der Waals surface area contributed by atoms with Crippen LogP contribution in [0.5, 0.6) is 5.75 Å². The second kappa shape index (κ2) is 5.54. The monoisotopic (exact) mass is 335 g/mol. The van der Waals surface area contributed by atoms with Gasteiger partial charge >= 0.3 is 0 Å². The second-order valence-electron chi connectivity index (χ2n) is 4.93. The van der Waals surface area contributed by atoms with Crippen molar-refractivity contribution in [2.45, 2.75) is 18.9 Å². The maximum atomic E-state index is 13.2. The van der Waals surface area contributed by atoms with Gasteiger partial charge in [0.2, 0.25) is 0 Å². The number of hydrogen-bond acceptors (Lipinski definition) is 2. The van der Waals surface area contributed by atoms with Gasteiger partial charge in [0.1, 0.15) is 11.6 Å². The molecule has 0 radical (unpaired) electrons. The Kier molecular flexibility index (Phi) is 3.76. The Morgan fingerprint density at radius 1 is 1.20 bits per heavy atom. The molecular weight excluding hydrogens is 321 g/mol. The van der Waals surface area contributed by atoms with Crippen molar-refractivity contribution in [3.8, 4) is 5.75 Å². The predicted octanol–water partition coefficient (Wildman–Crippen LogP) is 3.96. The molecule has 0 aromatic heterocycles. The zero-order valence-electron chi connectivity index (χ0n) is 10.9. The lowest BCUT2D eigenvalue weighted by Crippen LogP contribution is -2.17. The van der Waals surface area contributed by atoms with Crippen LogP contribution in [0.25, 0.3) is 0 Å². The summed E-state index contributed by atoms with van der Waals surface area (Å²) >= 11 is 3.38. The minimum atomic E-state index is -0.335. The van der Waals surface area contributed by atoms with E-state index in [1.807, 2.05) is 12.1 Å². The van der Waals surface area contributed by atoms with Gasteiger partial charge in [0.25, 0.3) is 0 Å². The third kappa shape index (κ3) is 2.45. The van der Waals surface area contributed by atoms with Crippen LogP contribution in [0.1, 0.15) is 29.2 Å². The number of para-hydroxylation sites is 1. The molecule has 0 saturated carbocycles. The molecule has 4 heteroatoms. The fourth-order valence-electron chi connectivity index (χ4n) is 2.58. The third-order valence-electron chi connectivity index (χ3n) is 3.60. The van der Waals surface area contributed by atoms with Crippen molar-refractivity contribution in [2.24, 2.45) is 5.73 Å². The molecule has 1 heterocycles. The summed E-state index contributed by atoms with van der Waals surface area (Å²) in [5.41, 5.74) is 9.36. The predicted molar refractivity (Wildman–Crippen MR) is 80.4 cm³/mol. The van der Waals surface area contributed by atoms with Crippen molar-refractivity contribution in [3.05, 3.63) is 63.4 Å². The Hall–Kier alpha value is -1.39. The van der Waals surface area contributed by atoms with E-state index in [9.17, 15) is 4.39 Å². The van der Waals surface area contributed by atoms with Crippen LogP contribution < -0.4 is 10.5 Å². The normalized spacial score (nSPS) is 15.3. The summed E-state index contributed by atoms with van der Waals surface area (Å²) < 4.78 is 19.7. The number of ether oxygens (including phenoxy) is 1. The van der Waals surface area contributed by atoms with Gasteiger partial charge in [-0.25, -0.2) is 4.39 Å². The van der Waals surface area contributed by atoms with Gasteiger partial charge in [-0.3, -0.25) is 0 Å². The van der Waals surface area contributed by atoms with Crippen LogP contribution in [0, 0.1) is 5.82 Å². The molecule has 2 nitrogen and oxygen atoms in total. The van der Waals surface area contributed by atoms with E-state index in [0.717, 1.165) is 36.3 Å². The van der Waals surface area contributed by atoms with Crippen LogP contribution in [0.4, 0.5) is 4.39 Å². The summed E-state index contributed by atoms with van der Waals surface area (Å²) in [6, 6.07) is 10.3. The van der Waals surface area contributed by atoms with Crippen LogP contribution in [-0.2, 0) is 6.42 Å². The Balaban J connectivity index is 2.04. The minimum absolute atomic E-state index is 0.279. The number of benzene rings is 2. The second-order valence-corrected chi connectivity index (χ2v) is 5.79. The maximum absolute atomic E-state index is 13.2. The molecule has 2 N–H and O–H groups in total. The van der Waals surface area contributed by atoms with E-state index in [0.29, 0.717) is 4.47 Å². The summed E-state index contributed by atoms with van der Waals surface area (Å²) in [4.78, 5) is 0. The number of nitrogens with two attached hydrogens (primary N) is 1. The molecule has 1 aliphatic heterocycles. The summed E-state index contributed by atoms with van der Waals surface area (Å²) in [6.07, 6.45) is 2.05. The topological polar surface area (TPSA) is 35.2 Å². The van der Waals surface area contributed by atoms with E-state index >= 15 is 0 Å². The molecule has 2 aromatic rings. The van der Waals surface area contributed by atoms with E-state index in [1.165, 1.54) is 17.7 Å². The molecule has 1 unspecified atom stereocenters. The number of aryl methyl sites for hydroxylation is 1. The maximum Gasteiger partial charge on any atom is 0.127 e. The lowest BCUT2D eigenvalue weighted by molar-refractivity contribution is 0.284. The molecule has 3 rings (SSSR count). The van der Waals surface area contributed by atoms with Gasteiger partial charge in [0.15, 0.2) is 0 Å². The van der Waals surface area contributed by atoms with E-state index in [-0.39, 0.29) is 11.9 Å². The summed E-state index contributed by atoms with van der Waals surface area (Å²) in [7, 11) is 0. The van der Waals surface area contributed by atoms with Crippen LogP contribution in [0.2, 0.25) is 0 Å². The highest BCUT2D eigenvalue weighted by Crippen LogP contribution is 2.36. The van der Waals surface area contributed by atoms with Crippen molar-refractivity contribution in [3.63, 3.8) is 0 Å². The van der Waals surface area contributed by atoms with Gasteiger partial charge in [-0.1, -0.05) is 40.2 Å². The molecule has 0 aliphatic carbocycles. The first kappa shape index (κ1) is 13.6. The van der Waals surface area contributed by atoms with Gasteiger partial charge in [-0.05, 0) is 36.1 Å². The van der Waals surface area contributed by atoms with Crippen LogP contribution >= 0.6 is 15.9 Å². The Labute approximate surface area is 125 Å². The first-order valence-electron chi connectivity index (χ1n) is 6.62. The first-order chi connectivity index (χ1) is 9.66. The fourth-order valence-corrected chi connectivity index (χ4v) is 3.18. The number of rotatable bonds is 2. The molecule has 0 amide bonds. The largest absolute Gasteiger partial charge is 0.493 e. The fraction of sp³-hybridized carbons (Fsp3) is 0.250. The van der Waals surface area contributed by atoms with Crippen molar-refractivity contribution in [1.29, 1.82) is 0 Å². The van der Waals surface area contributed by atoms with Crippen molar-refractivity contribution >= 4 is 15.9 Å². The Morgan fingerprint density at radius 2 is 2.05 bits per heavy atom. The highest BCUT2D eigenvalue weighted by molar-refractivity contribution is 9.10. The number of fused-ring (bicyclic) bond motifs is 1. The molecule has 0 saturated heterocycles. The van der Waals surface area contributed by atoms with Gasteiger partial charge in [0.05, 0.1) is 12.6 Å². The van der Waals surface area contributed by atoms with Gasteiger partial charge in [-0.15, -0.1) is 0 Å². The van der Waals surface area contributed by atoms with E-state index < -0.39 is 0 Å². The summed E-state index contributed by atoms with van der Waals surface area (Å²) in [5.74, 6) is 0.613. The van der Waals surface area contributed by atoms with Crippen molar-refractivity contribution in [1.82, 2.24) is 0 Å². The van der Waals surface area contributed by atoms with Gasteiger partial charge in [-0.2, -0.15) is 0 Å². The molecule has 0 bridgehead atoms. The lowest BCUT2D eigenvalue weighted by Gasteiger charge is -2.24. The smallest absolute Gasteiger partial charge is 0.127 e. The number of halogens is 2. The molecule has 0 spiro atoms. The molecule has 1 atom stereocenters. The number of hydrogen-bond donors (Lipinski definition) is 1. The third-order valence-corrected chi connectivity index (χ3v) is 4.28. The van der Waals surface area contributed by atoms with E-state index in [1.54, 1.807) is 6.07 Å². The summed E-state index contributed by atoms with van der Waals surface area (Å²) in [6.45, 7) is 0.724. The molecular formula is C16H15BrFNO. The zero-order valence-corrected chi connectivity index (χ0v) is 12.5. The standard InChI is InChI=1S/C16H15BrFNO/c17-14-9-11(18)6-7-12(14)15(19)13-5-1-3-10-4-2-8-20-16(10)13/h1,3,5-7,9,15H,2,4,8,19H2. The minimum Gasteiger partial charge on any atom is -0.493 e. The highest BCUT2D eigenvalue weighted by atomic mass is 79.9. The molecule has 2 aromatic carbocycles. The van der Waals surface area contributed by atoms with E-state index in [2.05, 4.69) is 22.0 Å². The van der Waals surface area contributed by atoms with Crippen LogP contribution in [0.15, 0.2) is 40.9 Å². The zero-order chi connectivity index (χ0) is 14.1. The van der Waals surface area contributed by atoms with Crippen molar-refractivity contribution in [2.75, 3.05) is 6.61 Å². The average molecular weight is 336 g/mol. The molecule has 20 heavy (non-hydrogen) atoms. The van der Waals surface area contributed by atoms with E-state index in [4.69, 9.17) is 10.5 Å². The van der Waals surface area contributed by atoms with Crippen LogP contribution in [0.3, 0.4) is 0 Å². The molecule has 104 valence electrons. The summed E-state index contributed by atoms with van der Waals surface area (Å²) in [5, 5.41) is 0. The quantitative estimate of drug-likeness (QED) is 0.901. The molecule has 0 fully saturated rings. The van der Waals surface area contributed by atoms with Gasteiger partial charge in [0, 0.05) is 10.0 Å². The molecule has 1 aliphatic rings. The Morgan fingerprint density at radius 3 is 2.85 bits per heavy atom.